The highest BCUT2D eigenvalue weighted by Gasteiger charge is 2.25. The molecular weight excluding hydrogens is 755 g/mol. The summed E-state index contributed by atoms with van der Waals surface area (Å²) in [4.78, 5) is 15.4. The largest absolute Gasteiger partial charge is 0.455 e. The quantitative estimate of drug-likeness (QED) is 0.164. The minimum Gasteiger partial charge on any atom is -0.455 e. The van der Waals surface area contributed by atoms with E-state index in [-0.39, 0.29) is 0 Å². The fraction of sp³-hybridized carbons (Fsp3) is 0.0189. The molecule has 0 spiro atoms. The van der Waals surface area contributed by atoms with Gasteiger partial charge in [0.25, 0.3) is 0 Å². The van der Waals surface area contributed by atoms with E-state index in [1.165, 1.54) is 0 Å². The van der Waals surface area contributed by atoms with E-state index < -0.39 is 6.04 Å². The molecule has 3 heterocycles. The SMILES string of the molecule is NC1/C(=N\S)C=Cc2c(-c3ccc(-c4cccc(-c5cc(-c6ccc(-c7cccc8c7oc7ccccc78)cc6)nc(-c6ccccc6)n5)c4)cc3)nc3ccccc3c21. The summed E-state index contributed by atoms with van der Waals surface area (Å²) in [6, 6.07) is 60.1. The first kappa shape index (κ1) is 35.7. The first-order valence-electron chi connectivity index (χ1n) is 19.8. The smallest absolute Gasteiger partial charge is 0.160 e. The summed E-state index contributed by atoms with van der Waals surface area (Å²) in [5, 5.41) is 3.25. The van der Waals surface area contributed by atoms with Crippen LogP contribution in [0.15, 0.2) is 191 Å². The summed E-state index contributed by atoms with van der Waals surface area (Å²) in [7, 11) is 0. The van der Waals surface area contributed by atoms with Crippen LogP contribution in [0.3, 0.4) is 0 Å². The molecule has 6 nitrogen and oxygen atoms in total. The van der Waals surface area contributed by atoms with Gasteiger partial charge in [-0.15, -0.1) is 0 Å². The Balaban J connectivity index is 0.951. The number of para-hydroxylation sites is 3. The number of furan rings is 1. The number of fused-ring (bicyclic) bond motifs is 6. The van der Waals surface area contributed by atoms with E-state index in [0.29, 0.717) is 5.82 Å². The predicted molar refractivity (Wildman–Crippen MR) is 250 cm³/mol. The molecule has 0 aliphatic heterocycles. The van der Waals surface area contributed by atoms with Crippen molar-refractivity contribution in [3.8, 4) is 67.4 Å². The van der Waals surface area contributed by atoms with Gasteiger partial charge in [-0.05, 0) is 65.4 Å². The topological polar surface area (TPSA) is 90.2 Å². The maximum atomic E-state index is 6.75. The van der Waals surface area contributed by atoms with Gasteiger partial charge < -0.3 is 10.2 Å². The zero-order chi connectivity index (χ0) is 40.2. The monoisotopic (exact) mass is 789 g/mol. The molecule has 7 heteroatoms. The van der Waals surface area contributed by atoms with Gasteiger partial charge in [0.1, 0.15) is 11.2 Å². The Kier molecular flexibility index (Phi) is 8.77. The first-order chi connectivity index (χ1) is 29.6. The lowest BCUT2D eigenvalue weighted by molar-refractivity contribution is 0.670. The molecule has 60 heavy (non-hydrogen) atoms. The highest BCUT2D eigenvalue weighted by Crippen LogP contribution is 2.40. The molecule has 1 unspecified atom stereocenters. The Labute approximate surface area is 352 Å². The van der Waals surface area contributed by atoms with Crippen LogP contribution >= 0.6 is 12.8 Å². The highest BCUT2D eigenvalue weighted by molar-refractivity contribution is 7.79. The molecule has 0 radical (unpaired) electrons. The van der Waals surface area contributed by atoms with Gasteiger partial charge in [0, 0.05) is 49.5 Å². The van der Waals surface area contributed by atoms with Crippen molar-refractivity contribution in [1.82, 2.24) is 15.0 Å². The zero-order valence-corrected chi connectivity index (χ0v) is 33.1. The molecule has 0 saturated carbocycles. The molecule has 0 fully saturated rings. The summed E-state index contributed by atoms with van der Waals surface area (Å²) in [6.45, 7) is 0. The number of hydrogen-bond donors (Lipinski definition) is 2. The molecular formula is C53H35N5OS. The van der Waals surface area contributed by atoms with Gasteiger partial charge in [0.05, 0.1) is 34.4 Å². The molecule has 10 aromatic rings. The summed E-state index contributed by atoms with van der Waals surface area (Å²) in [5.74, 6) is 0.668. The minimum atomic E-state index is -0.399. The van der Waals surface area contributed by atoms with Crippen LogP contribution in [0.25, 0.3) is 106 Å². The minimum absolute atomic E-state index is 0.399. The van der Waals surface area contributed by atoms with Crippen molar-refractivity contribution in [1.29, 1.82) is 0 Å². The average Bonchev–Trinajstić information content (AvgIpc) is 3.71. The van der Waals surface area contributed by atoms with Gasteiger partial charge in [-0.2, -0.15) is 0 Å². The Bertz CT molecular complexity index is 3340. The van der Waals surface area contributed by atoms with Crippen molar-refractivity contribution >= 4 is 57.4 Å². The second-order valence-corrected chi connectivity index (χ2v) is 15.2. The Morgan fingerprint density at radius 3 is 1.95 bits per heavy atom. The van der Waals surface area contributed by atoms with Crippen molar-refractivity contribution in [2.24, 2.45) is 10.1 Å². The molecule has 1 aliphatic carbocycles. The number of benzene rings is 7. The summed E-state index contributed by atoms with van der Waals surface area (Å²) >= 11 is 4.19. The maximum absolute atomic E-state index is 6.75. The third kappa shape index (κ3) is 6.19. The molecule has 3 aromatic heterocycles. The standard InChI is InChI=1S/C53H35N5OS/c54-50-45(58-60)29-28-43-49(50)42-15-4-6-18-44(42)55-51(43)35-26-20-32(21-27-35)37-12-8-13-38(30-37)47-31-46(56-53(57-47)36-10-2-1-3-11-36)34-24-22-33(23-25-34)39-16-9-17-41-40-14-5-7-19-48(40)59-52(39)41/h1-31,50,60H,54H2/b58-45-. The van der Waals surface area contributed by atoms with Crippen LogP contribution < -0.4 is 5.73 Å². The van der Waals surface area contributed by atoms with Crippen LogP contribution in [0, 0.1) is 0 Å². The van der Waals surface area contributed by atoms with Gasteiger partial charge in [-0.25, -0.2) is 19.3 Å². The second-order valence-electron chi connectivity index (χ2n) is 15.0. The molecule has 284 valence electrons. The van der Waals surface area contributed by atoms with E-state index in [0.717, 1.165) is 111 Å². The molecule has 0 saturated heterocycles. The van der Waals surface area contributed by atoms with Crippen molar-refractivity contribution < 1.29 is 4.42 Å². The third-order valence-electron chi connectivity index (χ3n) is 11.4. The van der Waals surface area contributed by atoms with Crippen LogP contribution in [0.5, 0.6) is 0 Å². The van der Waals surface area contributed by atoms with E-state index in [1.54, 1.807) is 0 Å². The van der Waals surface area contributed by atoms with Crippen LogP contribution in [-0.4, -0.2) is 20.7 Å². The van der Waals surface area contributed by atoms with E-state index in [2.05, 4.69) is 145 Å². The molecule has 1 aliphatic rings. The molecule has 1 atom stereocenters. The Hall–Kier alpha value is -7.45. The average molecular weight is 790 g/mol. The highest BCUT2D eigenvalue weighted by atomic mass is 32.1. The number of hydrogen-bond acceptors (Lipinski definition) is 7. The first-order valence-corrected chi connectivity index (χ1v) is 20.2. The number of rotatable bonds is 6. The lowest BCUT2D eigenvalue weighted by Gasteiger charge is -2.23. The van der Waals surface area contributed by atoms with Crippen molar-refractivity contribution in [3.63, 3.8) is 0 Å². The van der Waals surface area contributed by atoms with Crippen molar-refractivity contribution in [2.75, 3.05) is 0 Å². The van der Waals surface area contributed by atoms with Crippen molar-refractivity contribution in [3.05, 3.63) is 193 Å². The number of nitrogens with zero attached hydrogens (tertiary/aromatic N) is 4. The maximum Gasteiger partial charge on any atom is 0.160 e. The van der Waals surface area contributed by atoms with E-state index in [9.17, 15) is 0 Å². The van der Waals surface area contributed by atoms with Crippen LogP contribution in [0.1, 0.15) is 17.2 Å². The molecule has 11 rings (SSSR count). The van der Waals surface area contributed by atoms with Gasteiger partial charge >= 0.3 is 0 Å². The predicted octanol–water partition coefficient (Wildman–Crippen LogP) is 13.2. The molecule has 0 amide bonds. The van der Waals surface area contributed by atoms with Crippen LogP contribution in [-0.2, 0) is 0 Å². The summed E-state index contributed by atoms with van der Waals surface area (Å²) in [5.41, 5.74) is 23.0. The number of nitrogens with two attached hydrogens (primary N) is 1. The van der Waals surface area contributed by atoms with Gasteiger partial charge in [0.15, 0.2) is 5.82 Å². The molecule has 7 aromatic carbocycles. The second kappa shape index (κ2) is 14.7. The van der Waals surface area contributed by atoms with Gasteiger partial charge in [-0.3, -0.25) is 0 Å². The lowest BCUT2D eigenvalue weighted by atomic mass is 9.86. The van der Waals surface area contributed by atoms with Gasteiger partial charge in [-0.1, -0.05) is 158 Å². The Morgan fingerprint density at radius 2 is 1.13 bits per heavy atom. The fourth-order valence-electron chi connectivity index (χ4n) is 8.42. The van der Waals surface area contributed by atoms with E-state index in [4.69, 9.17) is 25.1 Å². The number of aromatic nitrogens is 3. The normalized spacial score (nSPS) is 14.3. The third-order valence-corrected chi connectivity index (χ3v) is 11.7. The Morgan fingerprint density at radius 1 is 0.500 bits per heavy atom. The molecule has 2 N–H and O–H groups in total. The zero-order valence-electron chi connectivity index (χ0n) is 32.2. The number of thiol groups is 1. The summed E-state index contributed by atoms with van der Waals surface area (Å²) < 4.78 is 10.5. The van der Waals surface area contributed by atoms with E-state index in [1.807, 2.05) is 60.7 Å². The summed E-state index contributed by atoms with van der Waals surface area (Å²) in [6.07, 6.45) is 3.98. The van der Waals surface area contributed by atoms with E-state index >= 15 is 0 Å². The van der Waals surface area contributed by atoms with Crippen LogP contribution in [0.4, 0.5) is 0 Å². The van der Waals surface area contributed by atoms with Crippen LogP contribution in [0.2, 0.25) is 0 Å². The fourth-order valence-corrected chi connectivity index (χ4v) is 8.62. The van der Waals surface area contributed by atoms with Crippen molar-refractivity contribution in [2.45, 2.75) is 6.04 Å². The lowest BCUT2D eigenvalue weighted by Crippen LogP contribution is -2.24. The molecule has 0 bridgehead atoms. The number of pyridine rings is 1. The van der Waals surface area contributed by atoms with Gasteiger partial charge in [0.2, 0.25) is 0 Å².